The first-order chi connectivity index (χ1) is 11.8. The van der Waals surface area contributed by atoms with Gasteiger partial charge in [-0.05, 0) is 30.2 Å². The first-order valence-corrected chi connectivity index (χ1v) is 7.80. The smallest absolute Gasteiger partial charge is 0.322 e. The van der Waals surface area contributed by atoms with Crippen molar-refractivity contribution in [2.24, 2.45) is 0 Å². The molecule has 1 fully saturated rings. The topological polar surface area (TPSA) is 71.3 Å². The van der Waals surface area contributed by atoms with Gasteiger partial charge in [-0.1, -0.05) is 36.4 Å². The average molecular weight is 320 g/mol. The molecule has 1 atom stereocenters. The molecule has 0 aliphatic carbocycles. The summed E-state index contributed by atoms with van der Waals surface area (Å²) in [6.07, 6.45) is 2.27. The van der Waals surface area contributed by atoms with E-state index < -0.39 is 0 Å². The number of carbonyl (C=O) groups excluding carboxylic acids is 1. The number of nitrogens with one attached hydrogen (secondary N) is 1. The van der Waals surface area contributed by atoms with Crippen LogP contribution in [0.5, 0.6) is 0 Å². The van der Waals surface area contributed by atoms with Gasteiger partial charge in [0, 0.05) is 17.8 Å². The van der Waals surface area contributed by atoms with E-state index >= 15 is 0 Å². The maximum atomic E-state index is 12.5. The van der Waals surface area contributed by atoms with E-state index in [4.69, 9.17) is 4.42 Å². The molecule has 1 aliphatic heterocycles. The summed E-state index contributed by atoms with van der Waals surface area (Å²) >= 11 is 0. The van der Waals surface area contributed by atoms with E-state index in [0.717, 1.165) is 18.5 Å². The van der Waals surface area contributed by atoms with Gasteiger partial charge in [-0.15, -0.1) is 10.2 Å². The van der Waals surface area contributed by atoms with Gasteiger partial charge < -0.3 is 14.6 Å². The fraction of sp³-hybridized carbons (Fsp3) is 0.167. The first-order valence-electron chi connectivity index (χ1n) is 7.80. The number of likely N-dealkylation sites (tertiary alicyclic amines) is 1. The summed E-state index contributed by atoms with van der Waals surface area (Å²) in [7, 11) is 0. The lowest BCUT2D eigenvalue weighted by atomic mass is 9.95. The number of rotatable bonds is 3. The maximum absolute atomic E-state index is 12.5. The van der Waals surface area contributed by atoms with Crippen LogP contribution in [-0.2, 0) is 0 Å². The fourth-order valence-corrected chi connectivity index (χ4v) is 2.88. The van der Waals surface area contributed by atoms with Crippen molar-refractivity contribution in [1.82, 2.24) is 15.1 Å². The molecule has 2 heterocycles. The van der Waals surface area contributed by atoms with Crippen LogP contribution in [0.2, 0.25) is 0 Å². The highest BCUT2D eigenvalue weighted by Gasteiger charge is 2.33. The molecule has 6 heteroatoms. The molecule has 1 N–H and O–H groups in total. The van der Waals surface area contributed by atoms with Crippen molar-refractivity contribution >= 4 is 11.7 Å². The molecular weight excluding hydrogens is 304 g/mol. The number of urea groups is 1. The molecule has 3 aromatic rings. The normalized spacial score (nSPS) is 16.5. The first kappa shape index (κ1) is 14.4. The predicted octanol–water partition coefficient (Wildman–Crippen LogP) is 3.72. The second-order valence-corrected chi connectivity index (χ2v) is 5.66. The van der Waals surface area contributed by atoms with Crippen LogP contribution in [0, 0.1) is 0 Å². The predicted molar refractivity (Wildman–Crippen MR) is 89.3 cm³/mol. The van der Waals surface area contributed by atoms with Crippen LogP contribution in [0.25, 0.3) is 11.5 Å². The van der Waals surface area contributed by atoms with Crippen LogP contribution in [-0.4, -0.2) is 27.7 Å². The Hall–Kier alpha value is -3.15. The molecule has 1 saturated heterocycles. The second-order valence-electron chi connectivity index (χ2n) is 5.66. The van der Waals surface area contributed by atoms with Crippen LogP contribution in [0.15, 0.2) is 65.4 Å². The third kappa shape index (κ3) is 2.74. The van der Waals surface area contributed by atoms with E-state index in [9.17, 15) is 4.79 Å². The Balaban J connectivity index is 1.48. The van der Waals surface area contributed by atoms with E-state index in [1.165, 1.54) is 12.0 Å². The van der Waals surface area contributed by atoms with E-state index in [2.05, 4.69) is 27.6 Å². The number of aromatic nitrogens is 2. The molecule has 0 radical (unpaired) electrons. The summed E-state index contributed by atoms with van der Waals surface area (Å²) < 4.78 is 5.19. The van der Waals surface area contributed by atoms with Gasteiger partial charge in [-0.3, -0.25) is 0 Å². The number of carbonyl (C=O) groups is 1. The number of anilines is 1. The van der Waals surface area contributed by atoms with Gasteiger partial charge in [0.25, 0.3) is 0 Å². The molecule has 2 aromatic carbocycles. The summed E-state index contributed by atoms with van der Waals surface area (Å²) in [5.41, 5.74) is 2.64. The number of amides is 2. The molecule has 0 unspecified atom stereocenters. The van der Waals surface area contributed by atoms with E-state index in [0.29, 0.717) is 11.6 Å². The van der Waals surface area contributed by atoms with Crippen LogP contribution >= 0.6 is 0 Å². The Morgan fingerprint density at radius 3 is 2.75 bits per heavy atom. The standard InChI is InChI=1S/C18H16N4O2/c23-18(22-10-9-16(22)13-5-2-1-3-6-13)20-15-8-4-7-14(11-15)17-21-19-12-24-17/h1-8,11-12,16H,9-10H2,(H,20,23)/t16-/m1/s1. The molecular formula is C18H16N4O2. The molecule has 0 saturated carbocycles. The van der Waals surface area contributed by atoms with Crippen molar-refractivity contribution in [2.45, 2.75) is 12.5 Å². The third-order valence-corrected chi connectivity index (χ3v) is 4.19. The molecule has 0 bridgehead atoms. The highest BCUT2D eigenvalue weighted by molar-refractivity contribution is 5.90. The summed E-state index contributed by atoms with van der Waals surface area (Å²) in [6.45, 7) is 0.759. The molecule has 120 valence electrons. The minimum absolute atomic E-state index is 0.0993. The van der Waals surface area contributed by atoms with Gasteiger partial charge in [-0.25, -0.2) is 4.79 Å². The van der Waals surface area contributed by atoms with Crippen LogP contribution in [0.3, 0.4) is 0 Å². The molecule has 4 rings (SSSR count). The zero-order valence-corrected chi connectivity index (χ0v) is 12.9. The lowest BCUT2D eigenvalue weighted by Crippen LogP contribution is -2.47. The molecule has 1 aromatic heterocycles. The van der Waals surface area contributed by atoms with E-state index in [1.54, 1.807) is 0 Å². The van der Waals surface area contributed by atoms with Crippen molar-refractivity contribution in [3.63, 3.8) is 0 Å². The van der Waals surface area contributed by atoms with Gasteiger partial charge >= 0.3 is 6.03 Å². The van der Waals surface area contributed by atoms with Crippen molar-refractivity contribution in [3.8, 4) is 11.5 Å². The van der Waals surface area contributed by atoms with Crippen molar-refractivity contribution in [2.75, 3.05) is 11.9 Å². The Morgan fingerprint density at radius 1 is 1.17 bits per heavy atom. The second kappa shape index (κ2) is 6.16. The summed E-state index contributed by atoms with van der Waals surface area (Å²) in [5, 5.41) is 10.5. The zero-order valence-electron chi connectivity index (χ0n) is 12.9. The molecule has 2 amide bonds. The van der Waals surface area contributed by atoms with Gasteiger partial charge in [0.1, 0.15) is 0 Å². The van der Waals surface area contributed by atoms with Crippen LogP contribution in [0.4, 0.5) is 10.5 Å². The summed E-state index contributed by atoms with van der Waals surface area (Å²) in [5.74, 6) is 0.428. The average Bonchev–Trinajstić information content (AvgIpc) is 3.09. The molecule has 1 aliphatic rings. The fourth-order valence-electron chi connectivity index (χ4n) is 2.88. The lowest BCUT2D eigenvalue weighted by molar-refractivity contribution is 0.126. The minimum atomic E-state index is -0.0993. The van der Waals surface area contributed by atoms with Crippen molar-refractivity contribution < 1.29 is 9.21 Å². The zero-order chi connectivity index (χ0) is 16.4. The highest BCUT2D eigenvalue weighted by Crippen LogP contribution is 2.33. The number of nitrogens with zero attached hydrogens (tertiary/aromatic N) is 3. The van der Waals surface area contributed by atoms with Gasteiger partial charge in [0.2, 0.25) is 12.3 Å². The van der Waals surface area contributed by atoms with Gasteiger partial charge in [0.05, 0.1) is 6.04 Å². The summed E-state index contributed by atoms with van der Waals surface area (Å²) in [6, 6.07) is 17.5. The SMILES string of the molecule is O=C(Nc1cccc(-c2nnco2)c1)N1CC[C@@H]1c1ccccc1. The largest absolute Gasteiger partial charge is 0.423 e. The third-order valence-electron chi connectivity index (χ3n) is 4.19. The van der Waals surface area contributed by atoms with Crippen LogP contribution < -0.4 is 5.32 Å². The molecule has 0 spiro atoms. The van der Waals surface area contributed by atoms with Gasteiger partial charge in [0.15, 0.2) is 0 Å². The lowest BCUT2D eigenvalue weighted by Gasteiger charge is -2.41. The Kier molecular flexibility index (Phi) is 3.70. The Morgan fingerprint density at radius 2 is 2.04 bits per heavy atom. The van der Waals surface area contributed by atoms with Crippen molar-refractivity contribution in [3.05, 3.63) is 66.6 Å². The number of hydrogen-bond acceptors (Lipinski definition) is 4. The minimum Gasteiger partial charge on any atom is -0.423 e. The Bertz CT molecular complexity index is 833. The Labute approximate surface area is 139 Å². The number of benzene rings is 2. The quantitative estimate of drug-likeness (QED) is 0.798. The number of hydrogen-bond donors (Lipinski definition) is 1. The van der Waals surface area contributed by atoms with Gasteiger partial charge in [-0.2, -0.15) is 0 Å². The van der Waals surface area contributed by atoms with Crippen molar-refractivity contribution in [1.29, 1.82) is 0 Å². The van der Waals surface area contributed by atoms with E-state index in [-0.39, 0.29) is 12.1 Å². The highest BCUT2D eigenvalue weighted by atomic mass is 16.4. The molecule has 24 heavy (non-hydrogen) atoms. The van der Waals surface area contributed by atoms with E-state index in [1.807, 2.05) is 47.4 Å². The van der Waals surface area contributed by atoms with Crippen LogP contribution in [0.1, 0.15) is 18.0 Å². The molecule has 6 nitrogen and oxygen atoms in total. The monoisotopic (exact) mass is 320 g/mol. The summed E-state index contributed by atoms with van der Waals surface area (Å²) in [4.78, 5) is 14.4. The maximum Gasteiger partial charge on any atom is 0.322 e.